The van der Waals surface area contributed by atoms with Crippen molar-refractivity contribution in [1.29, 1.82) is 0 Å². The molecule has 0 aliphatic heterocycles. The predicted molar refractivity (Wildman–Crippen MR) is 67.7 cm³/mol. The average Bonchev–Trinajstić information content (AvgIpc) is 2.30. The van der Waals surface area contributed by atoms with Crippen molar-refractivity contribution in [2.75, 3.05) is 12.4 Å². The summed E-state index contributed by atoms with van der Waals surface area (Å²) in [5.74, 6) is 0.808. The monoisotopic (exact) mass is 233 g/mol. The number of hydrogen-bond acceptors (Lipinski definition) is 2. The molecule has 3 heteroatoms. The van der Waals surface area contributed by atoms with Gasteiger partial charge in [0.05, 0.1) is 12.8 Å². The lowest BCUT2D eigenvalue weighted by molar-refractivity contribution is 0.417. The molecule has 2 nitrogen and oxygen atoms in total. The van der Waals surface area contributed by atoms with Crippen molar-refractivity contribution in [3.05, 3.63) is 53.6 Å². The summed E-state index contributed by atoms with van der Waals surface area (Å²) in [4.78, 5) is 0. The minimum Gasteiger partial charge on any atom is -0.495 e. The molecular weight excluding hydrogens is 222 g/mol. The molecule has 0 amide bonds. The molecule has 16 heavy (non-hydrogen) atoms. The number of methoxy groups -OCH3 is 1. The molecule has 0 atom stereocenters. The topological polar surface area (TPSA) is 21.3 Å². The van der Waals surface area contributed by atoms with Gasteiger partial charge >= 0.3 is 0 Å². The second kappa shape index (κ2) is 4.90. The number of halogens is 1. The van der Waals surface area contributed by atoms with Crippen molar-refractivity contribution < 1.29 is 4.74 Å². The Morgan fingerprint density at radius 3 is 2.62 bits per heavy atom. The third-order valence-corrected chi connectivity index (χ3v) is 2.45. The van der Waals surface area contributed by atoms with Crippen LogP contribution in [0.15, 0.2) is 48.5 Å². The number of nitrogens with one attached hydrogen (secondary N) is 1. The number of hydrogen-bond donors (Lipinski definition) is 1. The van der Waals surface area contributed by atoms with E-state index in [0.717, 1.165) is 17.1 Å². The van der Waals surface area contributed by atoms with E-state index in [9.17, 15) is 0 Å². The molecule has 0 aromatic heterocycles. The van der Waals surface area contributed by atoms with E-state index in [1.165, 1.54) is 0 Å². The maximum absolute atomic E-state index is 5.91. The predicted octanol–water partition coefficient (Wildman–Crippen LogP) is 4.09. The van der Waals surface area contributed by atoms with E-state index in [1.54, 1.807) is 7.11 Å². The fourth-order valence-corrected chi connectivity index (χ4v) is 1.66. The van der Waals surface area contributed by atoms with Gasteiger partial charge in [0.25, 0.3) is 0 Å². The van der Waals surface area contributed by atoms with Crippen LogP contribution in [-0.2, 0) is 0 Å². The van der Waals surface area contributed by atoms with Crippen LogP contribution in [0.5, 0.6) is 5.75 Å². The van der Waals surface area contributed by atoms with Crippen molar-refractivity contribution >= 4 is 23.0 Å². The van der Waals surface area contributed by atoms with Crippen molar-refractivity contribution in [3.63, 3.8) is 0 Å². The van der Waals surface area contributed by atoms with Crippen LogP contribution in [0, 0.1) is 0 Å². The Labute approximate surface area is 99.8 Å². The Morgan fingerprint density at radius 1 is 1.06 bits per heavy atom. The van der Waals surface area contributed by atoms with Gasteiger partial charge in [-0.05, 0) is 30.3 Å². The van der Waals surface area contributed by atoms with E-state index < -0.39 is 0 Å². The lowest BCUT2D eigenvalue weighted by Gasteiger charge is -2.10. The lowest BCUT2D eigenvalue weighted by atomic mass is 10.2. The van der Waals surface area contributed by atoms with E-state index in [-0.39, 0.29) is 0 Å². The molecule has 0 aliphatic carbocycles. The highest BCUT2D eigenvalue weighted by molar-refractivity contribution is 6.30. The van der Waals surface area contributed by atoms with Crippen LogP contribution in [0.4, 0.5) is 11.4 Å². The molecule has 0 spiro atoms. The van der Waals surface area contributed by atoms with Gasteiger partial charge in [-0.3, -0.25) is 0 Å². The fourth-order valence-electron chi connectivity index (χ4n) is 1.47. The van der Waals surface area contributed by atoms with Crippen molar-refractivity contribution in [2.45, 2.75) is 0 Å². The third-order valence-electron chi connectivity index (χ3n) is 2.21. The van der Waals surface area contributed by atoms with Gasteiger partial charge in [0.15, 0.2) is 0 Å². The highest BCUT2D eigenvalue weighted by Gasteiger charge is 2.01. The molecule has 0 bridgehead atoms. The molecular formula is C13H12ClNO. The molecule has 0 saturated carbocycles. The van der Waals surface area contributed by atoms with Crippen LogP contribution in [0.3, 0.4) is 0 Å². The van der Waals surface area contributed by atoms with Gasteiger partial charge in [0.2, 0.25) is 0 Å². The van der Waals surface area contributed by atoms with Crippen LogP contribution in [0.2, 0.25) is 5.02 Å². The number of benzene rings is 2. The Hall–Kier alpha value is -1.67. The maximum Gasteiger partial charge on any atom is 0.142 e. The Bertz CT molecular complexity index is 485. The summed E-state index contributed by atoms with van der Waals surface area (Å²) < 4.78 is 5.25. The van der Waals surface area contributed by atoms with Crippen molar-refractivity contribution in [2.24, 2.45) is 0 Å². The lowest BCUT2D eigenvalue weighted by Crippen LogP contribution is -1.93. The summed E-state index contributed by atoms with van der Waals surface area (Å²) in [6, 6.07) is 15.3. The van der Waals surface area contributed by atoms with E-state index in [0.29, 0.717) is 5.02 Å². The highest BCUT2D eigenvalue weighted by atomic mass is 35.5. The van der Waals surface area contributed by atoms with Gasteiger partial charge in [0.1, 0.15) is 5.75 Å². The molecule has 82 valence electrons. The molecule has 0 heterocycles. The Morgan fingerprint density at radius 2 is 1.88 bits per heavy atom. The molecule has 2 aromatic rings. The molecule has 0 fully saturated rings. The van der Waals surface area contributed by atoms with Crippen LogP contribution in [0.1, 0.15) is 0 Å². The highest BCUT2D eigenvalue weighted by Crippen LogP contribution is 2.27. The summed E-state index contributed by atoms with van der Waals surface area (Å²) in [7, 11) is 1.65. The third kappa shape index (κ3) is 2.47. The molecule has 2 rings (SSSR count). The Kier molecular flexibility index (Phi) is 3.32. The van der Waals surface area contributed by atoms with Crippen LogP contribution in [0.25, 0.3) is 0 Å². The minimum atomic E-state index is 0.708. The summed E-state index contributed by atoms with van der Waals surface area (Å²) >= 11 is 5.91. The normalized spacial score (nSPS) is 9.88. The number of rotatable bonds is 3. The van der Waals surface area contributed by atoms with Gasteiger partial charge < -0.3 is 10.1 Å². The molecule has 0 saturated heterocycles. The smallest absolute Gasteiger partial charge is 0.142 e. The summed E-state index contributed by atoms with van der Waals surface area (Å²) in [5, 5.41) is 3.96. The zero-order valence-corrected chi connectivity index (χ0v) is 9.66. The van der Waals surface area contributed by atoms with Gasteiger partial charge in [-0.1, -0.05) is 29.8 Å². The molecule has 0 aliphatic rings. The van der Waals surface area contributed by atoms with Crippen LogP contribution in [-0.4, -0.2) is 7.11 Å². The number of anilines is 2. The maximum atomic E-state index is 5.91. The number of ether oxygens (including phenoxy) is 1. The average molecular weight is 234 g/mol. The van der Waals surface area contributed by atoms with E-state index in [2.05, 4.69) is 5.32 Å². The summed E-state index contributed by atoms with van der Waals surface area (Å²) in [6.45, 7) is 0. The van der Waals surface area contributed by atoms with Crippen molar-refractivity contribution in [3.8, 4) is 5.75 Å². The zero-order valence-electron chi connectivity index (χ0n) is 8.91. The van der Waals surface area contributed by atoms with Gasteiger partial charge in [-0.2, -0.15) is 0 Å². The fraction of sp³-hybridized carbons (Fsp3) is 0.0769. The quantitative estimate of drug-likeness (QED) is 0.862. The SMILES string of the molecule is COc1ccccc1Nc1cccc(Cl)c1. The van der Waals surface area contributed by atoms with Gasteiger partial charge in [-0.15, -0.1) is 0 Å². The van der Waals surface area contributed by atoms with Gasteiger partial charge in [0, 0.05) is 10.7 Å². The molecule has 2 aromatic carbocycles. The largest absolute Gasteiger partial charge is 0.495 e. The first-order valence-corrected chi connectivity index (χ1v) is 5.33. The van der Waals surface area contributed by atoms with Gasteiger partial charge in [-0.25, -0.2) is 0 Å². The molecule has 0 unspecified atom stereocenters. The summed E-state index contributed by atoms with van der Waals surface area (Å²) in [5.41, 5.74) is 1.87. The minimum absolute atomic E-state index is 0.708. The van der Waals surface area contributed by atoms with E-state index in [4.69, 9.17) is 16.3 Å². The van der Waals surface area contributed by atoms with Crippen LogP contribution >= 0.6 is 11.6 Å². The first-order valence-electron chi connectivity index (χ1n) is 4.95. The number of para-hydroxylation sites is 2. The molecule has 1 N–H and O–H groups in total. The summed E-state index contributed by atoms with van der Waals surface area (Å²) in [6.07, 6.45) is 0. The second-order valence-corrected chi connectivity index (χ2v) is 3.77. The van der Waals surface area contributed by atoms with E-state index >= 15 is 0 Å². The van der Waals surface area contributed by atoms with Crippen molar-refractivity contribution in [1.82, 2.24) is 0 Å². The molecule has 0 radical (unpaired) electrons. The standard InChI is InChI=1S/C13H12ClNO/c1-16-13-8-3-2-7-12(13)15-11-6-4-5-10(14)9-11/h2-9,15H,1H3. The van der Waals surface area contributed by atoms with E-state index in [1.807, 2.05) is 48.5 Å². The van der Waals surface area contributed by atoms with Crippen LogP contribution < -0.4 is 10.1 Å². The zero-order chi connectivity index (χ0) is 11.4. The first-order chi connectivity index (χ1) is 7.79. The second-order valence-electron chi connectivity index (χ2n) is 3.34. The Balaban J connectivity index is 2.26. The first kappa shape index (κ1) is 10.8.